The summed E-state index contributed by atoms with van der Waals surface area (Å²) in [6.07, 6.45) is 3.34. The van der Waals surface area contributed by atoms with Crippen molar-refractivity contribution in [2.24, 2.45) is 0 Å². The van der Waals surface area contributed by atoms with E-state index < -0.39 is 0 Å². The van der Waals surface area contributed by atoms with E-state index >= 15 is 0 Å². The van der Waals surface area contributed by atoms with E-state index in [2.05, 4.69) is 31.9 Å². The molecule has 0 aliphatic carbocycles. The topological polar surface area (TPSA) is 70.2 Å². The van der Waals surface area contributed by atoms with Crippen LogP contribution < -0.4 is 16.0 Å². The van der Waals surface area contributed by atoms with Crippen molar-refractivity contribution in [3.8, 4) is 0 Å². The molecule has 1 heterocycles. The lowest BCUT2D eigenvalue weighted by molar-refractivity contribution is -0.123. The molecule has 1 unspecified atom stereocenters. The van der Waals surface area contributed by atoms with E-state index in [1.54, 1.807) is 0 Å². The van der Waals surface area contributed by atoms with Crippen LogP contribution in [0.4, 0.5) is 5.69 Å². The number of anilines is 1. The summed E-state index contributed by atoms with van der Waals surface area (Å²) < 4.78 is 0.921. The van der Waals surface area contributed by atoms with Gasteiger partial charge in [0.15, 0.2) is 0 Å². The minimum Gasteiger partial charge on any atom is -0.354 e. The number of rotatable bonds is 5. The lowest BCUT2D eigenvalue weighted by Gasteiger charge is -2.22. The number of halogens is 1. The summed E-state index contributed by atoms with van der Waals surface area (Å²) in [6, 6.07) is 5.64. The van der Waals surface area contributed by atoms with Gasteiger partial charge in [-0.1, -0.05) is 28.4 Å². The molecule has 1 fully saturated rings. The number of nitrogens with one attached hydrogen (secondary N) is 3. The first-order chi connectivity index (χ1) is 10.6. The molecule has 22 heavy (non-hydrogen) atoms. The molecule has 1 aliphatic rings. The fraction of sp³-hybridized carbons (Fsp3) is 0.500. The van der Waals surface area contributed by atoms with E-state index in [-0.39, 0.29) is 24.3 Å². The quantitative estimate of drug-likeness (QED) is 0.747. The van der Waals surface area contributed by atoms with Crippen LogP contribution in [0.5, 0.6) is 0 Å². The lowest BCUT2D eigenvalue weighted by Crippen LogP contribution is -2.47. The second-order valence-electron chi connectivity index (χ2n) is 5.55. The predicted octanol–water partition coefficient (Wildman–Crippen LogP) is 2.34. The molecular formula is C16H22BrN3O2. The van der Waals surface area contributed by atoms with Gasteiger partial charge in [0.05, 0.1) is 6.04 Å². The second-order valence-corrected chi connectivity index (χ2v) is 6.47. The normalized spacial score (nSPS) is 17.8. The number of hydrogen-bond donors (Lipinski definition) is 3. The zero-order valence-electron chi connectivity index (χ0n) is 12.7. The van der Waals surface area contributed by atoms with Crippen LogP contribution in [-0.2, 0) is 9.59 Å². The molecule has 1 aromatic carbocycles. The van der Waals surface area contributed by atoms with Crippen LogP contribution in [0.25, 0.3) is 0 Å². The molecule has 0 saturated carbocycles. The smallest absolute Gasteiger partial charge is 0.237 e. The summed E-state index contributed by atoms with van der Waals surface area (Å²) in [6.45, 7) is 3.19. The molecule has 2 rings (SSSR count). The summed E-state index contributed by atoms with van der Waals surface area (Å²) in [5, 5.41) is 8.88. The zero-order chi connectivity index (χ0) is 15.9. The van der Waals surface area contributed by atoms with Gasteiger partial charge in [0.2, 0.25) is 11.8 Å². The van der Waals surface area contributed by atoms with E-state index in [0.717, 1.165) is 41.5 Å². The standard InChI is InChI=1S/C16H22BrN3O2/c1-11-5-6-12(17)10-14(11)20-15(21)7-9-19-16(22)13-4-2-3-8-18-13/h5-6,10,13,18H,2-4,7-9H2,1H3,(H,19,22)(H,20,21). The third kappa shape index (κ3) is 5.10. The van der Waals surface area contributed by atoms with Crippen molar-refractivity contribution in [2.45, 2.75) is 38.6 Å². The maximum Gasteiger partial charge on any atom is 0.237 e. The third-order valence-corrected chi connectivity index (χ3v) is 4.25. The molecule has 1 atom stereocenters. The van der Waals surface area contributed by atoms with Crippen LogP contribution >= 0.6 is 15.9 Å². The highest BCUT2D eigenvalue weighted by molar-refractivity contribution is 9.10. The van der Waals surface area contributed by atoms with Crippen LogP contribution in [0.15, 0.2) is 22.7 Å². The van der Waals surface area contributed by atoms with Crippen molar-refractivity contribution in [2.75, 3.05) is 18.4 Å². The van der Waals surface area contributed by atoms with Gasteiger partial charge in [0.25, 0.3) is 0 Å². The lowest BCUT2D eigenvalue weighted by atomic mass is 10.0. The fourth-order valence-corrected chi connectivity index (χ4v) is 2.80. The highest BCUT2D eigenvalue weighted by atomic mass is 79.9. The Bertz CT molecular complexity index is 542. The summed E-state index contributed by atoms with van der Waals surface area (Å²) in [7, 11) is 0. The predicted molar refractivity (Wildman–Crippen MR) is 90.8 cm³/mol. The molecule has 0 bridgehead atoms. The maximum atomic E-state index is 11.9. The van der Waals surface area contributed by atoms with E-state index in [4.69, 9.17) is 0 Å². The Labute approximate surface area is 139 Å². The van der Waals surface area contributed by atoms with Crippen LogP contribution in [0, 0.1) is 6.92 Å². The number of carbonyl (C=O) groups excluding carboxylic acids is 2. The average molecular weight is 368 g/mol. The van der Waals surface area contributed by atoms with E-state index in [1.165, 1.54) is 0 Å². The molecular weight excluding hydrogens is 346 g/mol. The number of aryl methyl sites for hydroxylation is 1. The number of hydrogen-bond acceptors (Lipinski definition) is 3. The molecule has 2 amide bonds. The molecule has 0 aromatic heterocycles. The molecule has 0 spiro atoms. The maximum absolute atomic E-state index is 11.9. The Balaban J connectivity index is 1.73. The Morgan fingerprint density at radius 2 is 2.18 bits per heavy atom. The molecule has 0 radical (unpaired) electrons. The summed E-state index contributed by atoms with van der Waals surface area (Å²) in [5.74, 6) is -0.107. The molecule has 1 aromatic rings. The third-order valence-electron chi connectivity index (χ3n) is 3.75. The van der Waals surface area contributed by atoms with Crippen LogP contribution in [0.2, 0.25) is 0 Å². The van der Waals surface area contributed by atoms with Gasteiger partial charge in [-0.05, 0) is 44.0 Å². The van der Waals surface area contributed by atoms with E-state index in [9.17, 15) is 9.59 Å². The first-order valence-corrected chi connectivity index (χ1v) is 8.42. The van der Waals surface area contributed by atoms with Gasteiger partial charge in [-0.15, -0.1) is 0 Å². The fourth-order valence-electron chi connectivity index (χ4n) is 2.44. The van der Waals surface area contributed by atoms with Crippen molar-refractivity contribution < 1.29 is 9.59 Å². The van der Waals surface area contributed by atoms with Gasteiger partial charge >= 0.3 is 0 Å². The van der Waals surface area contributed by atoms with Crippen molar-refractivity contribution in [3.63, 3.8) is 0 Å². The van der Waals surface area contributed by atoms with E-state index in [0.29, 0.717) is 6.54 Å². The SMILES string of the molecule is Cc1ccc(Br)cc1NC(=O)CCNC(=O)C1CCCCN1. The van der Waals surface area contributed by atoms with Gasteiger partial charge < -0.3 is 16.0 Å². The zero-order valence-corrected chi connectivity index (χ0v) is 14.3. The van der Waals surface area contributed by atoms with Crippen molar-refractivity contribution in [1.82, 2.24) is 10.6 Å². The van der Waals surface area contributed by atoms with E-state index in [1.807, 2.05) is 25.1 Å². The van der Waals surface area contributed by atoms with Crippen LogP contribution in [0.1, 0.15) is 31.2 Å². The Morgan fingerprint density at radius 3 is 2.91 bits per heavy atom. The van der Waals surface area contributed by atoms with Crippen molar-refractivity contribution in [1.29, 1.82) is 0 Å². The van der Waals surface area contributed by atoms with Gasteiger partial charge in [-0.25, -0.2) is 0 Å². The molecule has 3 N–H and O–H groups in total. The molecule has 1 saturated heterocycles. The Kier molecular flexibility index (Phi) is 6.39. The van der Waals surface area contributed by atoms with Crippen LogP contribution in [0.3, 0.4) is 0 Å². The minimum atomic E-state index is -0.107. The Morgan fingerprint density at radius 1 is 1.36 bits per heavy atom. The van der Waals surface area contributed by atoms with Gasteiger partial charge in [0.1, 0.15) is 0 Å². The van der Waals surface area contributed by atoms with Gasteiger partial charge in [-0.2, -0.15) is 0 Å². The number of amides is 2. The second kappa shape index (κ2) is 8.29. The summed E-state index contributed by atoms with van der Waals surface area (Å²) in [5.41, 5.74) is 1.80. The number of benzene rings is 1. The molecule has 1 aliphatic heterocycles. The molecule has 6 heteroatoms. The average Bonchev–Trinajstić information content (AvgIpc) is 2.51. The van der Waals surface area contributed by atoms with Crippen molar-refractivity contribution >= 4 is 33.4 Å². The highest BCUT2D eigenvalue weighted by Gasteiger charge is 2.19. The summed E-state index contributed by atoms with van der Waals surface area (Å²) in [4.78, 5) is 23.9. The highest BCUT2D eigenvalue weighted by Crippen LogP contribution is 2.20. The van der Waals surface area contributed by atoms with Gasteiger partial charge in [0, 0.05) is 23.1 Å². The minimum absolute atomic E-state index is 0.00821. The van der Waals surface area contributed by atoms with Gasteiger partial charge in [-0.3, -0.25) is 9.59 Å². The van der Waals surface area contributed by atoms with Crippen molar-refractivity contribution in [3.05, 3.63) is 28.2 Å². The Hall–Kier alpha value is -1.40. The monoisotopic (exact) mass is 367 g/mol. The molecule has 5 nitrogen and oxygen atoms in total. The summed E-state index contributed by atoms with van der Waals surface area (Å²) >= 11 is 3.39. The first-order valence-electron chi connectivity index (χ1n) is 7.63. The van der Waals surface area contributed by atoms with Crippen LogP contribution in [-0.4, -0.2) is 30.9 Å². The number of piperidine rings is 1. The molecule has 120 valence electrons. The first kappa shape index (κ1) is 17.0. The number of carbonyl (C=O) groups is 2. The largest absolute Gasteiger partial charge is 0.354 e.